The molecule has 6 nitrogen and oxygen atoms in total. The number of carbonyl (C=O) groups excluding carboxylic acids is 1. The summed E-state index contributed by atoms with van der Waals surface area (Å²) in [5.41, 5.74) is 0.448. The number of nitrogens with zero attached hydrogens (tertiary/aromatic N) is 1. The number of hydrogen-bond donors (Lipinski definition) is 1. The molecule has 1 amide bonds. The third-order valence-corrected chi connectivity index (χ3v) is 3.07. The van der Waals surface area contributed by atoms with Gasteiger partial charge in [0.25, 0.3) is 5.91 Å². The standard InChI is InChI=1S/C13H15NO5/c1-8(5-12(15)16)14(2)13(17)9-3-4-10-11(6-9)19-7-18-10/h3-4,6,8H,5,7H2,1-2H3,(H,15,16). The van der Waals surface area contributed by atoms with Crippen molar-refractivity contribution in [1.82, 2.24) is 4.90 Å². The van der Waals surface area contributed by atoms with E-state index in [1.807, 2.05) is 0 Å². The van der Waals surface area contributed by atoms with E-state index in [0.29, 0.717) is 17.1 Å². The molecule has 0 aromatic heterocycles. The number of aliphatic carboxylic acids is 1. The summed E-state index contributed by atoms with van der Waals surface area (Å²) in [7, 11) is 1.58. The normalized spacial score (nSPS) is 14.0. The molecule has 1 aromatic carbocycles. The number of carboxylic acids is 1. The first-order valence-electron chi connectivity index (χ1n) is 5.87. The lowest BCUT2D eigenvalue weighted by atomic mass is 10.1. The number of carboxylic acid groups (broad SMARTS) is 1. The molecule has 0 bridgehead atoms. The molecule has 6 heteroatoms. The van der Waals surface area contributed by atoms with Crippen LogP contribution in [0.1, 0.15) is 23.7 Å². The second-order valence-electron chi connectivity index (χ2n) is 4.43. The summed E-state index contributed by atoms with van der Waals surface area (Å²) in [5.74, 6) is -0.0344. The Labute approximate surface area is 110 Å². The molecule has 1 heterocycles. The van der Waals surface area contributed by atoms with E-state index in [9.17, 15) is 9.59 Å². The smallest absolute Gasteiger partial charge is 0.305 e. The lowest BCUT2D eigenvalue weighted by molar-refractivity contribution is -0.137. The third kappa shape index (κ3) is 2.78. The monoisotopic (exact) mass is 265 g/mol. The van der Waals surface area contributed by atoms with Gasteiger partial charge in [0, 0.05) is 18.7 Å². The molecule has 0 fully saturated rings. The maximum absolute atomic E-state index is 12.2. The van der Waals surface area contributed by atoms with Gasteiger partial charge in [0.05, 0.1) is 6.42 Å². The fourth-order valence-electron chi connectivity index (χ4n) is 1.82. The first kappa shape index (κ1) is 13.2. The van der Waals surface area contributed by atoms with Crippen LogP contribution in [-0.4, -0.2) is 41.8 Å². The maximum Gasteiger partial charge on any atom is 0.305 e. The average molecular weight is 265 g/mol. The fourth-order valence-corrected chi connectivity index (χ4v) is 1.82. The first-order chi connectivity index (χ1) is 8.99. The summed E-state index contributed by atoms with van der Waals surface area (Å²) < 4.78 is 10.4. The zero-order valence-corrected chi connectivity index (χ0v) is 10.8. The van der Waals surface area contributed by atoms with Gasteiger partial charge in [-0.05, 0) is 25.1 Å². The largest absolute Gasteiger partial charge is 0.481 e. The Morgan fingerprint density at radius 2 is 2.05 bits per heavy atom. The van der Waals surface area contributed by atoms with Gasteiger partial charge in [-0.1, -0.05) is 0 Å². The summed E-state index contributed by atoms with van der Waals surface area (Å²) in [6.07, 6.45) is -0.0905. The summed E-state index contributed by atoms with van der Waals surface area (Å²) in [6.45, 7) is 1.84. The van der Waals surface area contributed by atoms with Crippen molar-refractivity contribution in [3.63, 3.8) is 0 Å². The Bertz CT molecular complexity index is 514. The molecule has 1 N–H and O–H groups in total. The summed E-state index contributed by atoms with van der Waals surface area (Å²) in [4.78, 5) is 24.3. The van der Waals surface area contributed by atoms with Crippen LogP contribution in [0.3, 0.4) is 0 Å². The molecule has 0 aliphatic carbocycles. The minimum atomic E-state index is -0.933. The topological polar surface area (TPSA) is 76.1 Å². The molecule has 0 saturated carbocycles. The number of carbonyl (C=O) groups is 2. The SMILES string of the molecule is CC(CC(=O)O)N(C)C(=O)c1ccc2c(c1)OCO2. The van der Waals surface area contributed by atoms with Crippen LogP contribution in [0.5, 0.6) is 11.5 Å². The number of benzene rings is 1. The van der Waals surface area contributed by atoms with Gasteiger partial charge in [-0.25, -0.2) is 0 Å². The molecule has 1 unspecified atom stereocenters. The van der Waals surface area contributed by atoms with E-state index in [1.54, 1.807) is 32.2 Å². The zero-order valence-electron chi connectivity index (χ0n) is 10.8. The minimum Gasteiger partial charge on any atom is -0.481 e. The van der Waals surface area contributed by atoms with Crippen molar-refractivity contribution in [3.05, 3.63) is 23.8 Å². The Hall–Kier alpha value is -2.24. The maximum atomic E-state index is 12.2. The van der Waals surface area contributed by atoms with Gasteiger partial charge in [0.15, 0.2) is 11.5 Å². The van der Waals surface area contributed by atoms with Crippen molar-refractivity contribution in [2.75, 3.05) is 13.8 Å². The molecular weight excluding hydrogens is 250 g/mol. The predicted molar refractivity (Wildman–Crippen MR) is 66.4 cm³/mol. The van der Waals surface area contributed by atoms with Gasteiger partial charge >= 0.3 is 5.97 Å². The summed E-state index contributed by atoms with van der Waals surface area (Å²) in [6, 6.07) is 4.54. The van der Waals surface area contributed by atoms with Gasteiger partial charge < -0.3 is 19.5 Å². The predicted octanol–water partition coefficient (Wildman–Crippen LogP) is 1.35. The molecule has 0 radical (unpaired) electrons. The fraction of sp³-hybridized carbons (Fsp3) is 0.385. The first-order valence-corrected chi connectivity index (χ1v) is 5.87. The summed E-state index contributed by atoms with van der Waals surface area (Å²) in [5, 5.41) is 8.74. The second-order valence-corrected chi connectivity index (χ2v) is 4.43. The number of rotatable bonds is 4. The second kappa shape index (κ2) is 5.17. The Morgan fingerprint density at radius 1 is 1.37 bits per heavy atom. The van der Waals surface area contributed by atoms with Gasteiger partial charge in [0.1, 0.15) is 0 Å². The molecule has 0 spiro atoms. The van der Waals surface area contributed by atoms with Gasteiger partial charge in [-0.2, -0.15) is 0 Å². The number of amides is 1. The minimum absolute atomic E-state index is 0.0905. The van der Waals surface area contributed by atoms with Crippen LogP contribution in [-0.2, 0) is 4.79 Å². The van der Waals surface area contributed by atoms with E-state index in [4.69, 9.17) is 14.6 Å². The Morgan fingerprint density at radius 3 is 2.74 bits per heavy atom. The van der Waals surface area contributed by atoms with Crippen molar-refractivity contribution in [1.29, 1.82) is 0 Å². The van der Waals surface area contributed by atoms with Crippen LogP contribution >= 0.6 is 0 Å². The van der Waals surface area contributed by atoms with E-state index >= 15 is 0 Å². The number of fused-ring (bicyclic) bond motifs is 1. The highest BCUT2D eigenvalue weighted by molar-refractivity contribution is 5.95. The Balaban J connectivity index is 2.13. The highest BCUT2D eigenvalue weighted by atomic mass is 16.7. The molecule has 19 heavy (non-hydrogen) atoms. The molecule has 2 rings (SSSR count). The average Bonchev–Trinajstić information content (AvgIpc) is 2.83. The number of hydrogen-bond acceptors (Lipinski definition) is 4. The quantitative estimate of drug-likeness (QED) is 0.889. The van der Waals surface area contributed by atoms with E-state index in [-0.39, 0.29) is 25.2 Å². The Kier molecular flexibility index (Phi) is 3.59. The highest BCUT2D eigenvalue weighted by Gasteiger charge is 2.22. The van der Waals surface area contributed by atoms with Crippen molar-refractivity contribution in [2.45, 2.75) is 19.4 Å². The molecule has 1 aliphatic rings. The third-order valence-electron chi connectivity index (χ3n) is 3.07. The van der Waals surface area contributed by atoms with E-state index in [0.717, 1.165) is 0 Å². The van der Waals surface area contributed by atoms with Crippen LogP contribution in [0.2, 0.25) is 0 Å². The molecule has 0 saturated heterocycles. The lowest BCUT2D eigenvalue weighted by Crippen LogP contribution is -2.36. The molecule has 1 aliphatic heterocycles. The molecule has 1 atom stereocenters. The van der Waals surface area contributed by atoms with E-state index in [1.165, 1.54) is 4.90 Å². The molecule has 102 valence electrons. The van der Waals surface area contributed by atoms with Gasteiger partial charge in [-0.15, -0.1) is 0 Å². The van der Waals surface area contributed by atoms with E-state index < -0.39 is 5.97 Å². The van der Waals surface area contributed by atoms with Crippen molar-refractivity contribution < 1.29 is 24.2 Å². The van der Waals surface area contributed by atoms with Crippen LogP contribution in [0.4, 0.5) is 0 Å². The molecular formula is C13H15NO5. The van der Waals surface area contributed by atoms with Crippen LogP contribution in [0.15, 0.2) is 18.2 Å². The van der Waals surface area contributed by atoms with Crippen molar-refractivity contribution in [3.8, 4) is 11.5 Å². The van der Waals surface area contributed by atoms with Crippen molar-refractivity contribution >= 4 is 11.9 Å². The van der Waals surface area contributed by atoms with Crippen LogP contribution in [0.25, 0.3) is 0 Å². The number of ether oxygens (including phenoxy) is 2. The molecule has 1 aromatic rings. The van der Waals surface area contributed by atoms with Crippen molar-refractivity contribution in [2.24, 2.45) is 0 Å². The van der Waals surface area contributed by atoms with Gasteiger partial charge in [-0.3, -0.25) is 9.59 Å². The van der Waals surface area contributed by atoms with Crippen LogP contribution < -0.4 is 9.47 Å². The highest BCUT2D eigenvalue weighted by Crippen LogP contribution is 2.32. The van der Waals surface area contributed by atoms with Gasteiger partial charge in [0.2, 0.25) is 6.79 Å². The summed E-state index contributed by atoms with van der Waals surface area (Å²) >= 11 is 0. The van der Waals surface area contributed by atoms with E-state index in [2.05, 4.69) is 0 Å². The zero-order chi connectivity index (χ0) is 14.0. The lowest BCUT2D eigenvalue weighted by Gasteiger charge is -2.23. The van der Waals surface area contributed by atoms with Crippen LogP contribution in [0, 0.1) is 0 Å².